The maximum atomic E-state index is 14.0. The summed E-state index contributed by atoms with van der Waals surface area (Å²) in [7, 11) is 0. The highest BCUT2D eigenvalue weighted by molar-refractivity contribution is 6.37. The van der Waals surface area contributed by atoms with Gasteiger partial charge in [0.2, 0.25) is 11.8 Å². The number of hydrogen-bond donors (Lipinski definition) is 4. The van der Waals surface area contributed by atoms with E-state index in [2.05, 4.69) is 10.6 Å². The predicted octanol–water partition coefficient (Wildman–Crippen LogP) is 1.50. The number of carbonyl (C=O) groups excluding carboxylic acids is 5. The third kappa shape index (κ3) is 5.25. The van der Waals surface area contributed by atoms with Crippen molar-refractivity contribution in [2.75, 3.05) is 16.3 Å². The number of phenolic OH excluding ortho intramolecular Hbond substituents is 1. The van der Waals surface area contributed by atoms with Crippen molar-refractivity contribution < 1.29 is 39.0 Å². The second-order valence-electron chi connectivity index (χ2n) is 9.11. The van der Waals surface area contributed by atoms with E-state index >= 15 is 0 Å². The summed E-state index contributed by atoms with van der Waals surface area (Å²) in [6.07, 6.45) is -0.356. The lowest BCUT2D eigenvalue weighted by molar-refractivity contribution is -0.139. The Hall–Kier alpha value is -4.16. The number of hydrogen-bond acceptors (Lipinski definition) is 7. The van der Waals surface area contributed by atoms with Gasteiger partial charge in [-0.15, -0.1) is 0 Å². The van der Waals surface area contributed by atoms with Crippen LogP contribution < -0.4 is 20.4 Å². The van der Waals surface area contributed by atoms with Gasteiger partial charge >= 0.3 is 5.97 Å². The van der Waals surface area contributed by atoms with Crippen molar-refractivity contribution in [3.05, 3.63) is 52.0 Å². The molecule has 39 heavy (non-hydrogen) atoms. The summed E-state index contributed by atoms with van der Waals surface area (Å²) in [5.74, 6) is -4.45. The zero-order valence-corrected chi connectivity index (χ0v) is 21.8. The monoisotopic (exact) mass is 576 g/mol. The Labute approximate surface area is 231 Å². The van der Waals surface area contributed by atoms with Crippen LogP contribution in [0, 0.1) is 0 Å². The van der Waals surface area contributed by atoms with Gasteiger partial charge in [0.15, 0.2) is 5.75 Å². The normalized spacial score (nSPS) is 20.2. The number of rotatable bonds is 8. The van der Waals surface area contributed by atoms with Gasteiger partial charge in [-0.2, -0.15) is 0 Å². The minimum Gasteiger partial charge on any atom is -0.505 e. The van der Waals surface area contributed by atoms with Gasteiger partial charge < -0.3 is 30.5 Å². The number of nitrogens with one attached hydrogen (secondary N) is 2. The quantitative estimate of drug-likeness (QED) is 0.342. The number of carboxylic acids is 1. The van der Waals surface area contributed by atoms with Crippen LogP contribution in [0.4, 0.5) is 11.4 Å². The van der Waals surface area contributed by atoms with Crippen LogP contribution in [0.2, 0.25) is 10.0 Å². The van der Waals surface area contributed by atoms with Crippen LogP contribution in [0.1, 0.15) is 30.1 Å². The first-order valence-electron chi connectivity index (χ1n) is 11.6. The standard InChI is InChI=1S/C25H22Cl2N4O8/c1-12(33)31-18-5-3-2-4-17(18)30(10-20(34)28-14(11-32)8-21(35)36)24(39)25(9-19(25)31)29-23(38)13-6-15(26)22(37)16(27)7-13/h2-7,11,14,19,37H,8-10H2,1H3,(H,28,34)(H,29,38)(H,35,36)/t14-,19+,25?/m0/s1. The molecule has 1 aliphatic heterocycles. The molecule has 0 radical (unpaired) electrons. The fourth-order valence-electron chi connectivity index (χ4n) is 4.62. The second kappa shape index (κ2) is 10.5. The van der Waals surface area contributed by atoms with Crippen LogP contribution in [0.3, 0.4) is 0 Å². The van der Waals surface area contributed by atoms with E-state index < -0.39 is 65.9 Å². The van der Waals surface area contributed by atoms with E-state index in [1.54, 1.807) is 18.2 Å². The number of aromatic hydroxyl groups is 1. The topological polar surface area (TPSA) is 173 Å². The molecular formula is C25H22Cl2N4O8. The molecule has 1 fully saturated rings. The summed E-state index contributed by atoms with van der Waals surface area (Å²) in [6.45, 7) is 0.668. The minimum absolute atomic E-state index is 0.0269. The number of nitrogens with zero attached hydrogens (tertiary/aromatic N) is 2. The van der Waals surface area contributed by atoms with E-state index in [9.17, 15) is 33.9 Å². The molecule has 4 rings (SSSR count). The van der Waals surface area contributed by atoms with E-state index in [-0.39, 0.29) is 34.0 Å². The fraction of sp³-hybridized carbons (Fsp3) is 0.280. The number of aliphatic carboxylic acids is 1. The van der Waals surface area contributed by atoms with Gasteiger partial charge in [-0.1, -0.05) is 35.3 Å². The third-order valence-electron chi connectivity index (χ3n) is 6.46. The summed E-state index contributed by atoms with van der Waals surface area (Å²) < 4.78 is 0. The van der Waals surface area contributed by atoms with Gasteiger partial charge in [-0.05, 0) is 24.3 Å². The molecule has 0 aromatic heterocycles. The number of carboxylic acid groups (broad SMARTS) is 1. The first-order chi connectivity index (χ1) is 18.4. The Bertz CT molecular complexity index is 1390. The highest BCUT2D eigenvalue weighted by Gasteiger charge is 2.68. The molecule has 4 N–H and O–H groups in total. The molecule has 2 aliphatic rings. The van der Waals surface area contributed by atoms with E-state index in [4.69, 9.17) is 28.3 Å². The maximum Gasteiger partial charge on any atom is 0.305 e. The first kappa shape index (κ1) is 27.9. The Morgan fingerprint density at radius 1 is 1.15 bits per heavy atom. The van der Waals surface area contributed by atoms with Crippen molar-refractivity contribution in [1.82, 2.24) is 10.6 Å². The van der Waals surface area contributed by atoms with Gasteiger partial charge in [0.05, 0.1) is 39.9 Å². The minimum atomic E-state index is -1.63. The molecule has 0 saturated heterocycles. The van der Waals surface area contributed by atoms with E-state index in [1.807, 2.05) is 0 Å². The molecule has 4 amide bonds. The first-order valence-corrected chi connectivity index (χ1v) is 12.3. The third-order valence-corrected chi connectivity index (χ3v) is 7.03. The summed E-state index contributed by atoms with van der Waals surface area (Å²) in [4.78, 5) is 77.5. The highest BCUT2D eigenvalue weighted by Crippen LogP contribution is 2.50. The lowest BCUT2D eigenvalue weighted by Crippen LogP contribution is -2.56. The van der Waals surface area contributed by atoms with Crippen molar-refractivity contribution >= 4 is 70.5 Å². The number of aldehydes is 1. The molecule has 1 aliphatic carbocycles. The lowest BCUT2D eigenvalue weighted by atomic mass is 10.1. The van der Waals surface area contributed by atoms with Crippen LogP contribution in [0.15, 0.2) is 36.4 Å². The number of anilines is 2. The second-order valence-corrected chi connectivity index (χ2v) is 9.93. The average molecular weight is 577 g/mol. The molecule has 2 aromatic carbocycles. The fourth-order valence-corrected chi connectivity index (χ4v) is 5.11. The van der Waals surface area contributed by atoms with Gasteiger partial charge in [-0.3, -0.25) is 28.9 Å². The van der Waals surface area contributed by atoms with Crippen LogP contribution in [0.25, 0.3) is 0 Å². The van der Waals surface area contributed by atoms with Crippen LogP contribution in [-0.2, 0) is 24.0 Å². The summed E-state index contributed by atoms with van der Waals surface area (Å²) in [5.41, 5.74) is -1.17. The molecule has 12 nitrogen and oxygen atoms in total. The molecule has 1 saturated carbocycles. The average Bonchev–Trinajstić information content (AvgIpc) is 3.59. The number of amides is 4. The number of phenols is 1. The lowest BCUT2D eigenvalue weighted by Gasteiger charge is -2.27. The molecule has 0 bridgehead atoms. The molecule has 14 heteroatoms. The molecule has 0 spiro atoms. The van der Waals surface area contributed by atoms with Gasteiger partial charge in [0.1, 0.15) is 18.4 Å². The molecular weight excluding hydrogens is 555 g/mol. The Balaban J connectivity index is 1.71. The molecule has 1 unspecified atom stereocenters. The van der Waals surface area contributed by atoms with Crippen molar-refractivity contribution in [2.24, 2.45) is 0 Å². The van der Waals surface area contributed by atoms with Gasteiger partial charge in [0, 0.05) is 18.9 Å². The Morgan fingerprint density at radius 3 is 2.33 bits per heavy atom. The SMILES string of the molecule is CC(=O)N1c2ccccc2N(CC(=O)N[C@H](C=O)CC(=O)O)C(=O)C2(NC(=O)c3cc(Cl)c(O)c(Cl)c3)C[C@@H]12. The van der Waals surface area contributed by atoms with Crippen LogP contribution in [-0.4, -0.2) is 70.3 Å². The number of benzene rings is 2. The number of para-hydroxylation sites is 2. The van der Waals surface area contributed by atoms with Gasteiger partial charge in [0.25, 0.3) is 11.8 Å². The van der Waals surface area contributed by atoms with E-state index in [1.165, 1.54) is 17.9 Å². The number of fused-ring (bicyclic) bond motifs is 2. The number of halogens is 2. The van der Waals surface area contributed by atoms with E-state index in [0.29, 0.717) is 5.69 Å². The van der Waals surface area contributed by atoms with Crippen molar-refractivity contribution in [3.8, 4) is 5.75 Å². The maximum absolute atomic E-state index is 14.0. The van der Waals surface area contributed by atoms with Crippen molar-refractivity contribution in [1.29, 1.82) is 0 Å². The zero-order valence-electron chi connectivity index (χ0n) is 20.3. The van der Waals surface area contributed by atoms with Crippen LogP contribution >= 0.6 is 23.2 Å². The molecule has 204 valence electrons. The summed E-state index contributed by atoms with van der Waals surface area (Å²) >= 11 is 11.9. The molecule has 3 atom stereocenters. The smallest absolute Gasteiger partial charge is 0.305 e. The molecule has 2 aromatic rings. The van der Waals surface area contributed by atoms with Gasteiger partial charge in [-0.25, -0.2) is 0 Å². The summed E-state index contributed by atoms with van der Waals surface area (Å²) in [6, 6.07) is 6.55. The molecule has 1 heterocycles. The number of carbonyl (C=O) groups is 6. The van der Waals surface area contributed by atoms with Crippen LogP contribution in [0.5, 0.6) is 5.75 Å². The summed E-state index contributed by atoms with van der Waals surface area (Å²) in [5, 5.41) is 23.3. The van der Waals surface area contributed by atoms with Crippen molar-refractivity contribution in [2.45, 2.75) is 37.4 Å². The highest BCUT2D eigenvalue weighted by atomic mass is 35.5. The Morgan fingerprint density at radius 2 is 1.77 bits per heavy atom. The largest absolute Gasteiger partial charge is 0.505 e. The van der Waals surface area contributed by atoms with Crippen molar-refractivity contribution in [3.63, 3.8) is 0 Å². The predicted molar refractivity (Wildman–Crippen MR) is 139 cm³/mol. The Kier molecular flexibility index (Phi) is 7.53. The zero-order chi connectivity index (χ0) is 28.6. The van der Waals surface area contributed by atoms with E-state index in [0.717, 1.165) is 17.0 Å².